The van der Waals surface area contributed by atoms with Crippen molar-refractivity contribution in [1.29, 1.82) is 0 Å². The second kappa shape index (κ2) is 17.3. The molecule has 9 nitrogen and oxygen atoms in total. The molecule has 0 aliphatic carbocycles. The Kier molecular flexibility index (Phi) is 13.9. The fourth-order valence-corrected chi connectivity index (χ4v) is 6.67. The maximum absolute atomic E-state index is 13.7. The van der Waals surface area contributed by atoms with Crippen LogP contribution in [0, 0.1) is 6.92 Å². The van der Waals surface area contributed by atoms with Gasteiger partial charge in [-0.1, -0.05) is 53.5 Å². The highest BCUT2D eigenvalue weighted by molar-refractivity contribution is 7.89. The topological polar surface area (TPSA) is 126 Å². The quantitative estimate of drug-likeness (QED) is 0.211. The van der Waals surface area contributed by atoms with E-state index in [1.807, 2.05) is 42.5 Å². The molecule has 0 atom stereocenters. The summed E-state index contributed by atoms with van der Waals surface area (Å²) in [4.78, 5) is 31.8. The molecule has 232 valence electrons. The fraction of sp³-hybridized carbons (Fsp3) is 0.387. The summed E-state index contributed by atoms with van der Waals surface area (Å²) in [6.07, 6.45) is 6.92. The molecule has 0 radical (unpaired) electrons. The number of pyridine rings is 1. The molecule has 0 aliphatic rings. The van der Waals surface area contributed by atoms with Gasteiger partial charge in [-0.3, -0.25) is 14.6 Å². The number of carbonyl (C=O) groups excluding carboxylic acids is 2. The number of nitrogens with one attached hydrogen (secondary N) is 1. The number of hydrogen-bond donors (Lipinski definition) is 2. The molecule has 0 spiro atoms. The molecule has 43 heavy (non-hydrogen) atoms. The van der Waals surface area contributed by atoms with E-state index in [2.05, 4.69) is 10.3 Å². The van der Waals surface area contributed by atoms with Gasteiger partial charge in [0.25, 0.3) is 0 Å². The summed E-state index contributed by atoms with van der Waals surface area (Å²) in [6, 6.07) is 16.1. The lowest BCUT2D eigenvalue weighted by Crippen LogP contribution is -2.46. The minimum absolute atomic E-state index is 0.00711. The molecule has 12 heteroatoms. The highest BCUT2D eigenvalue weighted by atomic mass is 35.5. The van der Waals surface area contributed by atoms with Crippen molar-refractivity contribution in [2.24, 2.45) is 5.73 Å². The van der Waals surface area contributed by atoms with E-state index in [1.165, 1.54) is 12.1 Å². The summed E-state index contributed by atoms with van der Waals surface area (Å²) in [6.45, 7) is 2.51. The Morgan fingerprint density at radius 1 is 0.884 bits per heavy atom. The van der Waals surface area contributed by atoms with Crippen LogP contribution in [0.4, 0.5) is 0 Å². The van der Waals surface area contributed by atoms with Crippen molar-refractivity contribution in [3.8, 4) is 0 Å². The fourth-order valence-electron chi connectivity index (χ4n) is 4.49. The molecule has 3 aromatic rings. The average molecular weight is 649 g/mol. The minimum Gasteiger partial charge on any atom is -0.346 e. The van der Waals surface area contributed by atoms with Crippen molar-refractivity contribution in [1.82, 2.24) is 19.5 Å². The Balaban J connectivity index is 1.68. The van der Waals surface area contributed by atoms with E-state index < -0.39 is 22.5 Å². The van der Waals surface area contributed by atoms with Crippen LogP contribution in [0.25, 0.3) is 0 Å². The predicted octanol–water partition coefficient (Wildman–Crippen LogP) is 4.25. The zero-order chi connectivity index (χ0) is 31.2. The van der Waals surface area contributed by atoms with Gasteiger partial charge in [-0.25, -0.2) is 8.42 Å². The van der Waals surface area contributed by atoms with Gasteiger partial charge in [-0.05, 0) is 86.5 Å². The van der Waals surface area contributed by atoms with E-state index in [0.29, 0.717) is 36.6 Å². The van der Waals surface area contributed by atoms with Gasteiger partial charge in [-0.15, -0.1) is 0 Å². The Labute approximate surface area is 264 Å². The van der Waals surface area contributed by atoms with Gasteiger partial charge < -0.3 is 16.0 Å². The third-order valence-corrected chi connectivity index (χ3v) is 9.93. The molecule has 0 bridgehead atoms. The average Bonchev–Trinajstić information content (AvgIpc) is 3.00. The van der Waals surface area contributed by atoms with E-state index in [-0.39, 0.29) is 28.9 Å². The molecular formula is C31H39Cl2N5O4S. The number of sulfonamides is 1. The van der Waals surface area contributed by atoms with E-state index in [9.17, 15) is 18.0 Å². The first kappa shape index (κ1) is 34.5. The van der Waals surface area contributed by atoms with Gasteiger partial charge in [0.05, 0.1) is 18.1 Å². The van der Waals surface area contributed by atoms with Crippen molar-refractivity contribution in [3.05, 3.63) is 93.7 Å². The molecule has 3 N–H and O–H groups in total. The van der Waals surface area contributed by atoms with Crippen LogP contribution < -0.4 is 11.1 Å². The second-order valence-electron chi connectivity index (χ2n) is 10.2. The van der Waals surface area contributed by atoms with Gasteiger partial charge in [0.15, 0.2) is 0 Å². The van der Waals surface area contributed by atoms with Crippen molar-refractivity contribution < 1.29 is 18.0 Å². The van der Waals surface area contributed by atoms with Crippen molar-refractivity contribution >= 4 is 45.0 Å². The number of carbonyl (C=O) groups is 2. The van der Waals surface area contributed by atoms with Gasteiger partial charge in [0.1, 0.15) is 4.90 Å². The number of aryl methyl sites for hydroxylation is 1. The standard InChI is InChI=1S/C31H39Cl2N5O4S/c1-24-27(32)11-12-28(31(24)33)43(41,42)38(21-15-25-8-3-2-4-9-25)23-29(39)36-22-30(40)37(19-6-5-16-34)20-7-10-26-13-17-35-18-14-26/h2-4,8-9,11-14,17-18H,5-7,10,15-16,19-23,34H2,1H3,(H,36,39). The molecule has 0 saturated carbocycles. The summed E-state index contributed by atoms with van der Waals surface area (Å²) < 4.78 is 28.5. The SMILES string of the molecule is Cc1c(Cl)ccc(S(=O)(=O)N(CCc2ccccc2)CC(=O)NCC(=O)N(CCCCN)CCCc2ccncc2)c1Cl. The summed E-state index contributed by atoms with van der Waals surface area (Å²) in [5, 5.41) is 2.97. The first-order valence-electron chi connectivity index (χ1n) is 14.3. The Bertz CT molecular complexity index is 1440. The zero-order valence-corrected chi connectivity index (χ0v) is 26.7. The number of hydrogen-bond acceptors (Lipinski definition) is 6. The molecule has 1 heterocycles. The molecular weight excluding hydrogens is 609 g/mol. The number of halogens is 2. The summed E-state index contributed by atoms with van der Waals surface area (Å²) in [7, 11) is -4.17. The van der Waals surface area contributed by atoms with Crippen LogP contribution in [0.2, 0.25) is 10.0 Å². The lowest BCUT2D eigenvalue weighted by atomic mass is 10.1. The van der Waals surface area contributed by atoms with E-state index in [4.69, 9.17) is 28.9 Å². The summed E-state index contributed by atoms with van der Waals surface area (Å²) >= 11 is 12.5. The molecule has 1 aromatic heterocycles. The van der Waals surface area contributed by atoms with E-state index >= 15 is 0 Å². The van der Waals surface area contributed by atoms with Gasteiger partial charge in [0.2, 0.25) is 21.8 Å². The van der Waals surface area contributed by atoms with Gasteiger partial charge in [0, 0.05) is 37.1 Å². The number of amides is 2. The molecule has 0 saturated heterocycles. The molecule has 2 amide bonds. The smallest absolute Gasteiger partial charge is 0.245 e. The zero-order valence-electron chi connectivity index (χ0n) is 24.3. The number of nitrogens with zero attached hydrogens (tertiary/aromatic N) is 3. The first-order chi connectivity index (χ1) is 20.6. The number of unbranched alkanes of at least 4 members (excludes halogenated alkanes) is 1. The van der Waals surface area contributed by atoms with Crippen LogP contribution in [0.3, 0.4) is 0 Å². The number of benzene rings is 2. The van der Waals surface area contributed by atoms with E-state index in [0.717, 1.165) is 41.1 Å². The maximum atomic E-state index is 13.7. The molecule has 3 rings (SSSR count). The molecule has 0 aliphatic heterocycles. The van der Waals surface area contributed by atoms with Crippen molar-refractivity contribution in [2.45, 2.75) is 43.9 Å². The number of aromatic nitrogens is 1. The van der Waals surface area contributed by atoms with Crippen LogP contribution >= 0.6 is 23.2 Å². The normalized spacial score (nSPS) is 11.5. The van der Waals surface area contributed by atoms with Crippen LogP contribution in [0.15, 0.2) is 71.9 Å². The van der Waals surface area contributed by atoms with Gasteiger partial charge in [-0.2, -0.15) is 4.31 Å². The maximum Gasteiger partial charge on any atom is 0.245 e. The van der Waals surface area contributed by atoms with Crippen LogP contribution in [0.1, 0.15) is 36.0 Å². The third-order valence-electron chi connectivity index (χ3n) is 7.03. The third kappa shape index (κ3) is 10.6. The monoisotopic (exact) mass is 647 g/mol. The van der Waals surface area contributed by atoms with Crippen LogP contribution in [0.5, 0.6) is 0 Å². The summed E-state index contributed by atoms with van der Waals surface area (Å²) in [5.41, 5.74) is 8.12. The highest BCUT2D eigenvalue weighted by Crippen LogP contribution is 2.32. The Morgan fingerprint density at radius 2 is 1.56 bits per heavy atom. The minimum atomic E-state index is -4.17. The molecule has 0 unspecified atom stereocenters. The summed E-state index contributed by atoms with van der Waals surface area (Å²) in [5.74, 6) is -0.833. The molecule has 2 aromatic carbocycles. The number of nitrogens with two attached hydrogens (primary N) is 1. The van der Waals surface area contributed by atoms with Crippen LogP contribution in [-0.4, -0.2) is 73.7 Å². The van der Waals surface area contributed by atoms with Gasteiger partial charge >= 0.3 is 0 Å². The largest absolute Gasteiger partial charge is 0.346 e. The Morgan fingerprint density at radius 3 is 2.26 bits per heavy atom. The second-order valence-corrected chi connectivity index (χ2v) is 12.9. The Hall–Kier alpha value is -3.02. The lowest BCUT2D eigenvalue weighted by molar-refractivity contribution is -0.133. The predicted molar refractivity (Wildman–Crippen MR) is 171 cm³/mol. The lowest BCUT2D eigenvalue weighted by Gasteiger charge is -2.25. The first-order valence-corrected chi connectivity index (χ1v) is 16.4. The van der Waals surface area contributed by atoms with E-state index in [1.54, 1.807) is 24.2 Å². The molecule has 0 fully saturated rings. The number of rotatable bonds is 17. The highest BCUT2D eigenvalue weighted by Gasteiger charge is 2.30. The van der Waals surface area contributed by atoms with Crippen LogP contribution in [-0.2, 0) is 32.5 Å². The van der Waals surface area contributed by atoms with Crippen molar-refractivity contribution in [2.75, 3.05) is 39.3 Å². The van der Waals surface area contributed by atoms with Crippen molar-refractivity contribution in [3.63, 3.8) is 0 Å².